The summed E-state index contributed by atoms with van der Waals surface area (Å²) >= 11 is 0. The van der Waals surface area contributed by atoms with E-state index in [0.29, 0.717) is 11.4 Å². The highest BCUT2D eigenvalue weighted by Gasteiger charge is 2.14. The molecule has 0 atom stereocenters. The van der Waals surface area contributed by atoms with Crippen molar-refractivity contribution in [2.24, 2.45) is 0 Å². The van der Waals surface area contributed by atoms with Gasteiger partial charge in [-0.2, -0.15) is 0 Å². The number of carbonyl (C=O) groups is 1. The van der Waals surface area contributed by atoms with Crippen molar-refractivity contribution in [2.45, 2.75) is 0 Å². The molecule has 7 nitrogen and oxygen atoms in total. The van der Waals surface area contributed by atoms with Crippen molar-refractivity contribution in [2.75, 3.05) is 26.4 Å². The van der Waals surface area contributed by atoms with Crippen LogP contribution in [-0.4, -0.2) is 55.0 Å². The lowest BCUT2D eigenvalue weighted by Crippen LogP contribution is -2.33. The van der Waals surface area contributed by atoms with Crippen LogP contribution in [0.4, 0.5) is 0 Å². The van der Waals surface area contributed by atoms with Crippen LogP contribution in [0.1, 0.15) is 10.4 Å². The molecule has 0 bridgehead atoms. The smallest absolute Gasteiger partial charge is 0.251 e. The summed E-state index contributed by atoms with van der Waals surface area (Å²) in [6.45, 7) is 0.0598. The summed E-state index contributed by atoms with van der Waals surface area (Å²) in [4.78, 5) is 19.2. The Morgan fingerprint density at radius 2 is 2.14 bits per heavy atom. The molecule has 1 heterocycles. The van der Waals surface area contributed by atoms with Crippen molar-refractivity contribution in [3.05, 3.63) is 42.2 Å². The number of carbonyl (C=O) groups excluding carboxylic acids is 1. The Morgan fingerprint density at radius 3 is 2.77 bits per heavy atom. The zero-order valence-corrected chi connectivity index (χ0v) is 13.2. The first-order valence-electron chi connectivity index (χ1n) is 6.68. The van der Waals surface area contributed by atoms with Gasteiger partial charge in [-0.25, -0.2) is 17.7 Å². The van der Waals surface area contributed by atoms with Gasteiger partial charge in [0.1, 0.15) is 5.82 Å². The van der Waals surface area contributed by atoms with Crippen molar-refractivity contribution in [3.8, 4) is 11.4 Å². The molecule has 1 amide bonds. The molecule has 0 fully saturated rings. The van der Waals surface area contributed by atoms with Crippen LogP contribution in [0.5, 0.6) is 0 Å². The van der Waals surface area contributed by atoms with Gasteiger partial charge < -0.3 is 10.3 Å². The fourth-order valence-corrected chi connectivity index (χ4v) is 2.53. The van der Waals surface area contributed by atoms with E-state index in [-0.39, 0.29) is 18.2 Å². The molecule has 0 aliphatic heterocycles. The van der Waals surface area contributed by atoms with Gasteiger partial charge in [0.2, 0.25) is 10.0 Å². The molecule has 0 aliphatic rings. The average molecular weight is 322 g/mol. The second-order valence-corrected chi connectivity index (χ2v) is 7.18. The Labute approximate surface area is 129 Å². The standard InChI is InChI=1S/C14H18N4O3S/c1-18(2)22(20,21)9-8-17-14(19)12-5-3-4-11(10-12)13-15-6-7-16-13/h3-7,10H,8-9H2,1-2H3,(H,15,16)(H,17,19). The molecule has 2 aromatic rings. The Bertz CT molecular complexity index is 739. The number of imidazole rings is 1. The molecular weight excluding hydrogens is 304 g/mol. The van der Waals surface area contributed by atoms with E-state index in [1.54, 1.807) is 30.6 Å². The molecule has 0 aliphatic carbocycles. The predicted molar refractivity (Wildman–Crippen MR) is 83.8 cm³/mol. The monoisotopic (exact) mass is 322 g/mol. The number of sulfonamides is 1. The number of nitrogens with zero attached hydrogens (tertiary/aromatic N) is 2. The molecule has 0 saturated heterocycles. The van der Waals surface area contributed by atoms with Gasteiger partial charge in [-0.3, -0.25) is 4.79 Å². The van der Waals surface area contributed by atoms with Crippen molar-refractivity contribution < 1.29 is 13.2 Å². The number of nitrogens with one attached hydrogen (secondary N) is 2. The topological polar surface area (TPSA) is 95.2 Å². The third-order valence-electron chi connectivity index (χ3n) is 3.10. The fraction of sp³-hybridized carbons (Fsp3) is 0.286. The quantitative estimate of drug-likeness (QED) is 0.818. The van der Waals surface area contributed by atoms with Crippen molar-refractivity contribution in [1.29, 1.82) is 0 Å². The van der Waals surface area contributed by atoms with E-state index in [2.05, 4.69) is 15.3 Å². The van der Waals surface area contributed by atoms with Crippen LogP contribution in [0.25, 0.3) is 11.4 Å². The molecule has 1 aromatic heterocycles. The maximum Gasteiger partial charge on any atom is 0.251 e. The van der Waals surface area contributed by atoms with Gasteiger partial charge in [0, 0.05) is 44.2 Å². The maximum absolute atomic E-state index is 12.1. The Kier molecular flexibility index (Phi) is 4.94. The summed E-state index contributed by atoms with van der Waals surface area (Å²) in [5.41, 5.74) is 1.25. The third kappa shape index (κ3) is 3.92. The molecule has 0 spiro atoms. The summed E-state index contributed by atoms with van der Waals surface area (Å²) in [5, 5.41) is 2.61. The minimum atomic E-state index is -3.32. The number of H-pyrrole nitrogens is 1. The molecule has 8 heteroatoms. The maximum atomic E-state index is 12.1. The number of benzene rings is 1. The lowest BCUT2D eigenvalue weighted by molar-refractivity contribution is 0.0956. The van der Waals surface area contributed by atoms with Crippen molar-refractivity contribution in [1.82, 2.24) is 19.6 Å². The van der Waals surface area contributed by atoms with Crippen LogP contribution in [0.3, 0.4) is 0 Å². The zero-order valence-electron chi connectivity index (χ0n) is 12.4. The first-order chi connectivity index (χ1) is 10.4. The molecule has 0 saturated carbocycles. The van der Waals surface area contributed by atoms with Gasteiger partial charge in [0.15, 0.2) is 0 Å². The van der Waals surface area contributed by atoms with E-state index in [0.717, 1.165) is 9.87 Å². The van der Waals surface area contributed by atoms with Crippen molar-refractivity contribution in [3.63, 3.8) is 0 Å². The second kappa shape index (κ2) is 6.71. The number of aromatic amines is 1. The summed E-state index contributed by atoms with van der Waals surface area (Å²) < 4.78 is 24.4. The largest absolute Gasteiger partial charge is 0.351 e. The Morgan fingerprint density at radius 1 is 1.36 bits per heavy atom. The SMILES string of the molecule is CN(C)S(=O)(=O)CCNC(=O)c1cccc(-c2ncc[nH]2)c1. The summed E-state index contributed by atoms with van der Waals surface area (Å²) in [6.07, 6.45) is 3.34. The Balaban J connectivity index is 2.00. The molecule has 22 heavy (non-hydrogen) atoms. The van der Waals surface area contributed by atoms with Gasteiger partial charge in [-0.1, -0.05) is 12.1 Å². The van der Waals surface area contributed by atoms with Crippen LogP contribution in [0.2, 0.25) is 0 Å². The molecule has 1 aromatic carbocycles. The van der Waals surface area contributed by atoms with Crippen LogP contribution >= 0.6 is 0 Å². The molecule has 118 valence electrons. The lowest BCUT2D eigenvalue weighted by Gasteiger charge is -2.11. The summed E-state index contributed by atoms with van der Waals surface area (Å²) in [7, 11) is -0.391. The van der Waals surface area contributed by atoms with Gasteiger partial charge in [-0.05, 0) is 12.1 Å². The molecule has 0 unspecified atom stereocenters. The van der Waals surface area contributed by atoms with E-state index in [1.165, 1.54) is 14.1 Å². The van der Waals surface area contributed by atoms with E-state index < -0.39 is 10.0 Å². The number of aromatic nitrogens is 2. The van der Waals surface area contributed by atoms with E-state index >= 15 is 0 Å². The lowest BCUT2D eigenvalue weighted by atomic mass is 10.1. The van der Waals surface area contributed by atoms with Crippen LogP contribution in [0.15, 0.2) is 36.7 Å². The third-order valence-corrected chi connectivity index (χ3v) is 4.93. The van der Waals surface area contributed by atoms with Gasteiger partial charge >= 0.3 is 0 Å². The van der Waals surface area contributed by atoms with Crippen LogP contribution in [-0.2, 0) is 10.0 Å². The number of hydrogen-bond donors (Lipinski definition) is 2. The van der Waals surface area contributed by atoms with Crippen LogP contribution < -0.4 is 5.32 Å². The number of amides is 1. The average Bonchev–Trinajstić information content (AvgIpc) is 3.01. The first kappa shape index (κ1) is 16.2. The number of hydrogen-bond acceptors (Lipinski definition) is 4. The molecule has 2 rings (SSSR count). The highest BCUT2D eigenvalue weighted by atomic mass is 32.2. The number of rotatable bonds is 6. The first-order valence-corrected chi connectivity index (χ1v) is 8.29. The fourth-order valence-electron chi connectivity index (χ4n) is 1.81. The second-order valence-electron chi connectivity index (χ2n) is 4.87. The van der Waals surface area contributed by atoms with Crippen molar-refractivity contribution >= 4 is 15.9 Å². The molecule has 2 N–H and O–H groups in total. The zero-order chi connectivity index (χ0) is 16.2. The minimum absolute atomic E-state index is 0.0598. The van der Waals surface area contributed by atoms with Crippen LogP contribution in [0, 0.1) is 0 Å². The predicted octanol–water partition coefficient (Wildman–Crippen LogP) is 0.698. The van der Waals surface area contributed by atoms with Gasteiger partial charge in [0.25, 0.3) is 5.91 Å². The van der Waals surface area contributed by atoms with Gasteiger partial charge in [0.05, 0.1) is 5.75 Å². The normalized spacial score (nSPS) is 11.6. The van der Waals surface area contributed by atoms with Gasteiger partial charge in [-0.15, -0.1) is 0 Å². The highest BCUT2D eigenvalue weighted by Crippen LogP contribution is 2.15. The summed E-state index contributed by atoms with van der Waals surface area (Å²) in [5.74, 6) is 0.219. The van der Waals surface area contributed by atoms with E-state index in [4.69, 9.17) is 0 Å². The minimum Gasteiger partial charge on any atom is -0.351 e. The highest BCUT2D eigenvalue weighted by molar-refractivity contribution is 7.89. The molecule has 0 radical (unpaired) electrons. The van der Waals surface area contributed by atoms with E-state index in [9.17, 15) is 13.2 Å². The molecular formula is C14H18N4O3S. The van der Waals surface area contributed by atoms with E-state index in [1.807, 2.05) is 6.07 Å². The Hall–Kier alpha value is -2.19. The summed E-state index contributed by atoms with van der Waals surface area (Å²) in [6, 6.07) is 6.96.